The molecule has 1 aromatic heterocycles. The van der Waals surface area contributed by atoms with Gasteiger partial charge in [-0.3, -0.25) is 0 Å². The Bertz CT molecular complexity index is 902. The van der Waals surface area contributed by atoms with Crippen LogP contribution < -0.4 is 20.1 Å². The molecule has 2 N–H and O–H groups in total. The summed E-state index contributed by atoms with van der Waals surface area (Å²) < 4.78 is 10.9. The van der Waals surface area contributed by atoms with E-state index >= 15 is 0 Å². The molecule has 0 saturated heterocycles. The molecule has 0 amide bonds. The predicted molar refractivity (Wildman–Crippen MR) is 109 cm³/mol. The lowest BCUT2D eigenvalue weighted by atomic mass is 10.2. The van der Waals surface area contributed by atoms with Crippen molar-refractivity contribution in [2.24, 2.45) is 0 Å². The minimum Gasteiger partial charge on any atom is -0.497 e. The third kappa shape index (κ3) is 5.65. The number of methoxy groups -OCH3 is 1. The van der Waals surface area contributed by atoms with E-state index in [1.54, 1.807) is 13.2 Å². The number of ether oxygens (including phenoxy) is 2. The van der Waals surface area contributed by atoms with Crippen molar-refractivity contribution in [2.75, 3.05) is 12.4 Å². The summed E-state index contributed by atoms with van der Waals surface area (Å²) in [5.41, 5.74) is 1.86. The summed E-state index contributed by atoms with van der Waals surface area (Å²) in [5, 5.41) is 6.56. The second kappa shape index (κ2) is 8.95. The summed E-state index contributed by atoms with van der Waals surface area (Å²) in [7, 11) is 1.64. The Hall–Kier alpha value is -3.19. The van der Waals surface area contributed by atoms with Gasteiger partial charge in [0.25, 0.3) is 0 Å². The van der Waals surface area contributed by atoms with Gasteiger partial charge >= 0.3 is 0 Å². The lowest BCUT2D eigenvalue weighted by molar-refractivity contribution is 0.414. The Morgan fingerprint density at radius 1 is 1.00 bits per heavy atom. The van der Waals surface area contributed by atoms with E-state index in [1.807, 2.05) is 61.5 Å². The molecule has 1 heterocycles. The molecule has 0 aliphatic heterocycles. The van der Waals surface area contributed by atoms with Crippen molar-refractivity contribution in [3.05, 3.63) is 71.9 Å². The van der Waals surface area contributed by atoms with Crippen LogP contribution in [0.3, 0.4) is 0 Å². The zero-order valence-corrected chi connectivity index (χ0v) is 15.9. The first-order chi connectivity index (χ1) is 13.1. The Kier molecular flexibility index (Phi) is 6.17. The predicted octanol–water partition coefficient (Wildman–Crippen LogP) is 4.07. The number of anilines is 1. The highest BCUT2D eigenvalue weighted by molar-refractivity contribution is 7.80. The lowest BCUT2D eigenvalue weighted by Gasteiger charge is -2.11. The van der Waals surface area contributed by atoms with E-state index in [0.29, 0.717) is 29.2 Å². The number of aryl methyl sites for hydroxylation is 1. The third-order valence-electron chi connectivity index (χ3n) is 3.63. The van der Waals surface area contributed by atoms with Crippen molar-refractivity contribution in [1.29, 1.82) is 0 Å². The molecule has 0 spiro atoms. The van der Waals surface area contributed by atoms with Gasteiger partial charge in [0.15, 0.2) is 5.11 Å². The molecular weight excluding hydrogens is 360 g/mol. The summed E-state index contributed by atoms with van der Waals surface area (Å²) in [6.07, 6.45) is 0. The molecule has 0 unspecified atom stereocenters. The van der Waals surface area contributed by atoms with Crippen LogP contribution in [0, 0.1) is 6.92 Å². The van der Waals surface area contributed by atoms with Crippen LogP contribution in [0.15, 0.2) is 60.7 Å². The number of aromatic nitrogens is 2. The summed E-state index contributed by atoms with van der Waals surface area (Å²) in [6.45, 7) is 2.45. The fourth-order valence-electron chi connectivity index (χ4n) is 2.33. The zero-order valence-electron chi connectivity index (χ0n) is 15.1. The lowest BCUT2D eigenvalue weighted by Crippen LogP contribution is -2.28. The SMILES string of the molecule is COc1ccc(CNC(=S)Nc2nc(C)cc(Oc3ccccc3)n2)cc1. The molecule has 0 fully saturated rings. The average Bonchev–Trinajstić information content (AvgIpc) is 2.67. The normalized spacial score (nSPS) is 10.1. The molecule has 0 radical (unpaired) electrons. The highest BCUT2D eigenvalue weighted by Gasteiger charge is 2.06. The van der Waals surface area contributed by atoms with Crippen LogP contribution in [-0.4, -0.2) is 22.2 Å². The zero-order chi connectivity index (χ0) is 19.1. The minimum atomic E-state index is 0.383. The van der Waals surface area contributed by atoms with Crippen molar-refractivity contribution in [3.8, 4) is 17.4 Å². The van der Waals surface area contributed by atoms with Gasteiger partial charge in [-0.15, -0.1) is 0 Å². The van der Waals surface area contributed by atoms with Crippen LogP contribution in [0.25, 0.3) is 0 Å². The van der Waals surface area contributed by atoms with Gasteiger partial charge < -0.3 is 20.1 Å². The minimum absolute atomic E-state index is 0.383. The van der Waals surface area contributed by atoms with Crippen LogP contribution in [-0.2, 0) is 6.54 Å². The van der Waals surface area contributed by atoms with Crippen LogP contribution in [0.4, 0.5) is 5.95 Å². The maximum atomic E-state index is 5.77. The highest BCUT2D eigenvalue weighted by atomic mass is 32.1. The molecule has 3 rings (SSSR count). The van der Waals surface area contributed by atoms with E-state index < -0.39 is 0 Å². The molecular formula is C20H20N4O2S. The number of nitrogens with one attached hydrogen (secondary N) is 2. The van der Waals surface area contributed by atoms with Gasteiger partial charge in [-0.05, 0) is 49.0 Å². The number of para-hydroxylation sites is 1. The Morgan fingerprint density at radius 3 is 2.44 bits per heavy atom. The molecule has 0 aliphatic carbocycles. The van der Waals surface area contributed by atoms with Crippen LogP contribution in [0.5, 0.6) is 17.4 Å². The largest absolute Gasteiger partial charge is 0.497 e. The number of hydrogen-bond donors (Lipinski definition) is 2. The van der Waals surface area contributed by atoms with Gasteiger partial charge in [0.05, 0.1) is 7.11 Å². The Labute approximate surface area is 163 Å². The molecule has 0 atom stereocenters. The van der Waals surface area contributed by atoms with Crippen LogP contribution in [0.2, 0.25) is 0 Å². The van der Waals surface area contributed by atoms with E-state index in [-0.39, 0.29) is 0 Å². The van der Waals surface area contributed by atoms with Crippen molar-refractivity contribution in [1.82, 2.24) is 15.3 Å². The van der Waals surface area contributed by atoms with Crippen molar-refractivity contribution < 1.29 is 9.47 Å². The number of thiocarbonyl (C=S) groups is 1. The third-order valence-corrected chi connectivity index (χ3v) is 3.88. The first kappa shape index (κ1) is 18.6. The fourth-order valence-corrected chi connectivity index (χ4v) is 2.49. The molecule has 0 bridgehead atoms. The van der Waals surface area contributed by atoms with E-state index in [9.17, 15) is 0 Å². The first-order valence-electron chi connectivity index (χ1n) is 8.39. The van der Waals surface area contributed by atoms with Crippen LogP contribution >= 0.6 is 12.2 Å². The van der Waals surface area contributed by atoms with Gasteiger partial charge in [0, 0.05) is 18.3 Å². The maximum Gasteiger partial charge on any atom is 0.232 e. The second-order valence-corrected chi connectivity index (χ2v) is 6.15. The van der Waals surface area contributed by atoms with Gasteiger partial charge in [-0.25, -0.2) is 4.98 Å². The molecule has 2 aromatic carbocycles. The number of benzene rings is 2. The smallest absolute Gasteiger partial charge is 0.232 e. The first-order valence-corrected chi connectivity index (χ1v) is 8.79. The summed E-state index contributed by atoms with van der Waals surface area (Å²) in [4.78, 5) is 8.70. The van der Waals surface area contributed by atoms with E-state index in [4.69, 9.17) is 21.7 Å². The van der Waals surface area contributed by atoms with Gasteiger partial charge in [-0.2, -0.15) is 4.98 Å². The second-order valence-electron chi connectivity index (χ2n) is 5.74. The Morgan fingerprint density at radius 2 is 1.74 bits per heavy atom. The summed E-state index contributed by atoms with van der Waals surface area (Å²) in [6, 6.07) is 19.0. The number of hydrogen-bond acceptors (Lipinski definition) is 5. The standard InChI is InChI=1S/C20H20N4O2S/c1-14-12-18(26-17-6-4-3-5-7-17)23-19(22-14)24-20(27)21-13-15-8-10-16(25-2)11-9-15/h3-12H,13H2,1-2H3,(H2,21,22,23,24,27). The molecule has 3 aromatic rings. The molecule has 0 aliphatic rings. The van der Waals surface area contributed by atoms with E-state index in [0.717, 1.165) is 17.0 Å². The molecule has 7 heteroatoms. The van der Waals surface area contributed by atoms with Crippen molar-refractivity contribution >= 4 is 23.3 Å². The molecule has 6 nitrogen and oxygen atoms in total. The fraction of sp³-hybridized carbons (Fsp3) is 0.150. The monoisotopic (exact) mass is 380 g/mol. The average molecular weight is 380 g/mol. The molecule has 0 saturated carbocycles. The Balaban J connectivity index is 1.59. The molecule has 27 heavy (non-hydrogen) atoms. The molecule has 138 valence electrons. The van der Waals surface area contributed by atoms with E-state index in [2.05, 4.69) is 20.6 Å². The van der Waals surface area contributed by atoms with Gasteiger partial charge in [0.2, 0.25) is 11.8 Å². The van der Waals surface area contributed by atoms with Gasteiger partial charge in [0.1, 0.15) is 11.5 Å². The summed E-state index contributed by atoms with van der Waals surface area (Å²) in [5.74, 6) is 2.36. The van der Waals surface area contributed by atoms with E-state index in [1.165, 1.54) is 0 Å². The number of nitrogens with zero attached hydrogens (tertiary/aromatic N) is 2. The van der Waals surface area contributed by atoms with Crippen molar-refractivity contribution in [2.45, 2.75) is 13.5 Å². The van der Waals surface area contributed by atoms with Crippen LogP contribution in [0.1, 0.15) is 11.3 Å². The topological polar surface area (TPSA) is 68.3 Å². The number of rotatable bonds is 6. The quantitative estimate of drug-likeness (QED) is 0.625. The highest BCUT2D eigenvalue weighted by Crippen LogP contribution is 2.20. The maximum absolute atomic E-state index is 5.77. The van der Waals surface area contributed by atoms with Crippen molar-refractivity contribution in [3.63, 3.8) is 0 Å². The summed E-state index contributed by atoms with van der Waals surface area (Å²) >= 11 is 5.33. The van der Waals surface area contributed by atoms with Gasteiger partial charge in [-0.1, -0.05) is 30.3 Å².